The van der Waals surface area contributed by atoms with Crippen LogP contribution in [0.1, 0.15) is 6.42 Å². The van der Waals surface area contributed by atoms with Crippen molar-refractivity contribution in [2.24, 2.45) is 0 Å². The van der Waals surface area contributed by atoms with E-state index in [9.17, 15) is 4.57 Å². The zero-order chi connectivity index (χ0) is 9.84. The van der Waals surface area contributed by atoms with Crippen molar-refractivity contribution < 1.29 is 28.6 Å². The van der Waals surface area contributed by atoms with Crippen LogP contribution in [0.2, 0.25) is 0 Å². The van der Waals surface area contributed by atoms with E-state index in [1.54, 1.807) is 0 Å². The molecule has 4 atom stereocenters. The Labute approximate surface area is 76.4 Å². The first-order chi connectivity index (χ1) is 6.13. The normalized spacial score (nSPS) is 35.0. The molecular weight excluding hydrogens is 199 g/mol. The van der Waals surface area contributed by atoms with Gasteiger partial charge in [0.05, 0.1) is 6.10 Å². The number of hydrogen-bond donors (Lipinski definition) is 2. The van der Waals surface area contributed by atoms with E-state index >= 15 is 0 Å². The van der Waals surface area contributed by atoms with Crippen LogP contribution >= 0.6 is 8.25 Å². The Hall–Kier alpha value is -0.100. The van der Waals surface area contributed by atoms with Gasteiger partial charge in [-0.1, -0.05) is 0 Å². The minimum atomic E-state index is -2.62. The number of aliphatic hydroxyl groups is 1. The van der Waals surface area contributed by atoms with Gasteiger partial charge in [-0.3, -0.25) is 0 Å². The molecule has 0 radical (unpaired) electrons. The fraction of sp³-hybridized carbons (Fsp3) is 1.00. The quantitative estimate of drug-likeness (QED) is 0.625. The second kappa shape index (κ2) is 4.95. The van der Waals surface area contributed by atoms with Crippen LogP contribution in [-0.4, -0.2) is 42.2 Å². The molecule has 2 N–H and O–H groups in total. The third-order valence-corrected chi connectivity index (χ3v) is 2.20. The van der Waals surface area contributed by atoms with Gasteiger partial charge in [-0.05, 0) is 0 Å². The summed E-state index contributed by atoms with van der Waals surface area (Å²) in [5, 5.41) is 9.07. The van der Waals surface area contributed by atoms with Crippen LogP contribution in [-0.2, 0) is 18.6 Å². The highest BCUT2D eigenvalue weighted by Gasteiger charge is 2.36. The lowest BCUT2D eigenvalue weighted by Gasteiger charge is -2.12. The van der Waals surface area contributed by atoms with E-state index in [-0.39, 0.29) is 12.7 Å². The van der Waals surface area contributed by atoms with Gasteiger partial charge in [-0.2, -0.15) is 0 Å². The minimum absolute atomic E-state index is 0.0543. The summed E-state index contributed by atoms with van der Waals surface area (Å²) in [5.74, 6) is 0. The third-order valence-electron chi connectivity index (χ3n) is 1.83. The summed E-state index contributed by atoms with van der Waals surface area (Å²) in [6.45, 7) is -0.0543. The molecule has 0 amide bonds. The molecule has 76 valence electrons. The Morgan fingerprint density at radius 1 is 1.69 bits per heavy atom. The van der Waals surface area contributed by atoms with Crippen molar-refractivity contribution in [3.63, 3.8) is 0 Å². The lowest BCUT2D eigenvalue weighted by Crippen LogP contribution is -2.27. The second-order valence-corrected chi connectivity index (χ2v) is 3.41. The van der Waals surface area contributed by atoms with Crippen molar-refractivity contribution in [1.82, 2.24) is 0 Å². The first kappa shape index (κ1) is 11.0. The standard InChI is InChI=1S/C6H11O6P/c1-10-4-2-6(7)12-5(4)3-11-13(8)9/h4-7H,2-3H2,1H3/p+1/t4?,5-,6-/m1/s1. The first-order valence-corrected chi connectivity index (χ1v) is 4.92. The molecule has 0 aromatic heterocycles. The van der Waals surface area contributed by atoms with Crippen molar-refractivity contribution in [2.45, 2.75) is 24.9 Å². The van der Waals surface area contributed by atoms with Crippen LogP contribution in [0, 0.1) is 0 Å². The maximum Gasteiger partial charge on any atom is 0.694 e. The van der Waals surface area contributed by atoms with E-state index < -0.39 is 20.6 Å². The van der Waals surface area contributed by atoms with Gasteiger partial charge in [0, 0.05) is 18.1 Å². The summed E-state index contributed by atoms with van der Waals surface area (Å²) in [7, 11) is -1.14. The summed E-state index contributed by atoms with van der Waals surface area (Å²) in [5.41, 5.74) is 0. The minimum Gasteiger partial charge on any atom is -0.378 e. The Bertz CT molecular complexity index is 186. The fourth-order valence-corrected chi connectivity index (χ4v) is 1.50. The summed E-state index contributed by atoms with van der Waals surface area (Å²) in [4.78, 5) is 8.37. The molecule has 0 aromatic carbocycles. The summed E-state index contributed by atoms with van der Waals surface area (Å²) in [6, 6.07) is 0. The Morgan fingerprint density at radius 2 is 2.38 bits per heavy atom. The predicted molar refractivity (Wildman–Crippen MR) is 42.1 cm³/mol. The van der Waals surface area contributed by atoms with Gasteiger partial charge in [-0.15, -0.1) is 9.42 Å². The van der Waals surface area contributed by atoms with E-state index in [0.29, 0.717) is 6.42 Å². The largest absolute Gasteiger partial charge is 0.694 e. The lowest BCUT2D eigenvalue weighted by atomic mass is 10.2. The molecule has 1 fully saturated rings. The van der Waals surface area contributed by atoms with Gasteiger partial charge in [0.25, 0.3) is 0 Å². The van der Waals surface area contributed by atoms with Crippen LogP contribution < -0.4 is 0 Å². The van der Waals surface area contributed by atoms with Gasteiger partial charge in [0.1, 0.15) is 12.7 Å². The first-order valence-electron chi connectivity index (χ1n) is 3.79. The van der Waals surface area contributed by atoms with Gasteiger partial charge in [0.2, 0.25) is 0 Å². The number of rotatable bonds is 4. The molecule has 0 spiro atoms. The zero-order valence-electron chi connectivity index (χ0n) is 7.12. The molecule has 1 rings (SSSR count). The summed E-state index contributed by atoms with van der Waals surface area (Å²) < 4.78 is 24.6. The maximum atomic E-state index is 10.2. The molecule has 6 nitrogen and oxygen atoms in total. The van der Waals surface area contributed by atoms with Crippen molar-refractivity contribution in [3.8, 4) is 0 Å². The van der Waals surface area contributed by atoms with Crippen LogP contribution in [0.4, 0.5) is 0 Å². The number of hydrogen-bond acceptors (Lipinski definition) is 5. The average molecular weight is 211 g/mol. The second-order valence-electron chi connectivity index (χ2n) is 2.67. The van der Waals surface area contributed by atoms with Gasteiger partial charge in [0.15, 0.2) is 6.29 Å². The Balaban J connectivity index is 2.35. The van der Waals surface area contributed by atoms with E-state index in [1.807, 2.05) is 0 Å². The lowest BCUT2D eigenvalue weighted by molar-refractivity contribution is -0.106. The highest BCUT2D eigenvalue weighted by atomic mass is 31.1. The molecule has 7 heteroatoms. The van der Waals surface area contributed by atoms with E-state index in [2.05, 4.69) is 4.52 Å². The number of ether oxygens (including phenoxy) is 2. The molecule has 0 aliphatic carbocycles. The monoisotopic (exact) mass is 211 g/mol. The number of aliphatic hydroxyl groups excluding tert-OH is 1. The van der Waals surface area contributed by atoms with Crippen molar-refractivity contribution in [3.05, 3.63) is 0 Å². The van der Waals surface area contributed by atoms with Crippen LogP contribution in [0.3, 0.4) is 0 Å². The van der Waals surface area contributed by atoms with Gasteiger partial charge < -0.3 is 14.6 Å². The third kappa shape index (κ3) is 3.27. The smallest absolute Gasteiger partial charge is 0.378 e. The predicted octanol–water partition coefficient (Wildman–Crippen LogP) is -0.225. The molecule has 1 aliphatic heterocycles. The molecule has 0 aromatic rings. The topological polar surface area (TPSA) is 85.2 Å². The summed E-state index contributed by atoms with van der Waals surface area (Å²) >= 11 is 0. The molecule has 1 heterocycles. The van der Waals surface area contributed by atoms with Gasteiger partial charge in [-0.25, -0.2) is 0 Å². The van der Waals surface area contributed by atoms with E-state index in [4.69, 9.17) is 19.5 Å². The van der Waals surface area contributed by atoms with Gasteiger partial charge >= 0.3 is 8.25 Å². The van der Waals surface area contributed by atoms with Crippen molar-refractivity contribution >= 4 is 8.25 Å². The summed E-state index contributed by atoms with van der Waals surface area (Å²) in [6.07, 6.45) is -1.29. The molecule has 1 aliphatic rings. The van der Waals surface area contributed by atoms with Crippen molar-refractivity contribution in [2.75, 3.05) is 13.7 Å². The Kier molecular flexibility index (Phi) is 4.18. The average Bonchev–Trinajstić information content (AvgIpc) is 2.42. The molecular formula is C6H12O6P+. The van der Waals surface area contributed by atoms with Crippen LogP contribution in [0.5, 0.6) is 0 Å². The maximum absolute atomic E-state index is 10.2. The van der Waals surface area contributed by atoms with Crippen LogP contribution in [0.15, 0.2) is 0 Å². The number of methoxy groups -OCH3 is 1. The van der Waals surface area contributed by atoms with E-state index in [1.165, 1.54) is 7.11 Å². The fourth-order valence-electron chi connectivity index (χ4n) is 1.23. The highest BCUT2D eigenvalue weighted by molar-refractivity contribution is 7.32. The zero-order valence-corrected chi connectivity index (χ0v) is 8.02. The molecule has 2 unspecified atom stereocenters. The van der Waals surface area contributed by atoms with Crippen LogP contribution in [0.25, 0.3) is 0 Å². The molecule has 1 saturated heterocycles. The van der Waals surface area contributed by atoms with E-state index in [0.717, 1.165) is 0 Å². The highest BCUT2D eigenvalue weighted by Crippen LogP contribution is 2.24. The molecule has 0 saturated carbocycles. The molecule has 0 bridgehead atoms. The SMILES string of the molecule is COC1C[C@H](O)O[C@@H]1CO[P+](=O)O. The van der Waals surface area contributed by atoms with Crippen molar-refractivity contribution in [1.29, 1.82) is 0 Å². The Morgan fingerprint density at radius 3 is 2.92 bits per heavy atom. The molecule has 13 heavy (non-hydrogen) atoms.